The summed E-state index contributed by atoms with van der Waals surface area (Å²) in [4.78, 5) is 0. The van der Waals surface area contributed by atoms with Crippen molar-refractivity contribution in [3.63, 3.8) is 0 Å². The van der Waals surface area contributed by atoms with Crippen LogP contribution in [0.3, 0.4) is 0 Å². The Hall–Kier alpha value is -1.00. The quantitative estimate of drug-likeness (QED) is 0.745. The van der Waals surface area contributed by atoms with Gasteiger partial charge in [0.25, 0.3) is 0 Å². The van der Waals surface area contributed by atoms with Crippen LogP contribution >= 0.6 is 0 Å². The van der Waals surface area contributed by atoms with Crippen LogP contribution in [-0.2, 0) is 6.42 Å². The molecule has 14 heavy (non-hydrogen) atoms. The zero-order valence-electron chi connectivity index (χ0n) is 8.48. The predicted molar refractivity (Wildman–Crippen MR) is 47.0 cm³/mol. The van der Waals surface area contributed by atoms with E-state index >= 15 is 0 Å². The van der Waals surface area contributed by atoms with E-state index in [0.717, 1.165) is 0 Å². The molecule has 0 saturated heterocycles. The van der Waals surface area contributed by atoms with Gasteiger partial charge in [0.2, 0.25) is 0 Å². The maximum Gasteiger partial charge on any atom is 0.389 e. The molecule has 1 aromatic heterocycles. The summed E-state index contributed by atoms with van der Waals surface area (Å²) in [5.41, 5.74) is 1.05. The Morgan fingerprint density at radius 2 is 1.93 bits per heavy atom. The van der Waals surface area contributed by atoms with Gasteiger partial charge in [0.1, 0.15) is 6.26 Å². The van der Waals surface area contributed by atoms with E-state index in [1.54, 1.807) is 6.92 Å². The molecule has 0 bridgehead atoms. The highest BCUT2D eigenvalue weighted by molar-refractivity contribution is 5.11. The van der Waals surface area contributed by atoms with Gasteiger partial charge in [-0.1, -0.05) is 19.0 Å². The fraction of sp³-hybridized carbons (Fsp3) is 0.667. The first kappa shape index (κ1) is 13.0. The molecule has 0 aliphatic heterocycles. The van der Waals surface area contributed by atoms with Crippen molar-refractivity contribution in [1.82, 2.24) is 5.16 Å². The molecule has 0 radical (unpaired) electrons. The van der Waals surface area contributed by atoms with Gasteiger partial charge in [-0.25, -0.2) is 0 Å². The van der Waals surface area contributed by atoms with Crippen molar-refractivity contribution in [3.8, 4) is 0 Å². The summed E-state index contributed by atoms with van der Waals surface area (Å²) in [6.07, 6.45) is -3.73. The van der Waals surface area contributed by atoms with Crippen molar-refractivity contribution < 1.29 is 17.7 Å². The highest BCUT2D eigenvalue weighted by atomic mass is 19.4. The number of aryl methyl sites for hydroxylation is 2. The average molecular weight is 209 g/mol. The van der Waals surface area contributed by atoms with Gasteiger partial charge in [-0.2, -0.15) is 13.2 Å². The molecule has 0 N–H and O–H groups in total. The molecule has 0 aromatic carbocycles. The fourth-order valence-corrected chi connectivity index (χ4v) is 0.812. The monoisotopic (exact) mass is 209 g/mol. The summed E-state index contributed by atoms with van der Waals surface area (Å²) in [6, 6.07) is 0. The average Bonchev–Trinajstić information content (AvgIpc) is 2.50. The number of halogens is 3. The van der Waals surface area contributed by atoms with Crippen LogP contribution in [0.4, 0.5) is 13.2 Å². The molecular weight excluding hydrogens is 195 g/mol. The summed E-state index contributed by atoms with van der Waals surface area (Å²) in [6.45, 7) is 5.67. The zero-order chi connectivity index (χ0) is 11.2. The van der Waals surface area contributed by atoms with Crippen LogP contribution in [0.15, 0.2) is 10.8 Å². The van der Waals surface area contributed by atoms with Crippen LogP contribution in [0.1, 0.15) is 31.5 Å². The Morgan fingerprint density at radius 3 is 2.29 bits per heavy atom. The van der Waals surface area contributed by atoms with Crippen LogP contribution in [0.5, 0.6) is 0 Å². The van der Waals surface area contributed by atoms with Crippen molar-refractivity contribution in [1.29, 1.82) is 0 Å². The number of hydrogen-bond acceptors (Lipinski definition) is 2. The van der Waals surface area contributed by atoms with E-state index in [1.807, 2.05) is 13.8 Å². The lowest BCUT2D eigenvalue weighted by Crippen LogP contribution is -2.09. The lowest BCUT2D eigenvalue weighted by molar-refractivity contribution is -0.134. The molecule has 1 rings (SSSR count). The summed E-state index contributed by atoms with van der Waals surface area (Å²) in [5.74, 6) is 0. The highest BCUT2D eigenvalue weighted by Gasteiger charge is 2.27. The summed E-state index contributed by atoms with van der Waals surface area (Å²) in [7, 11) is 0. The smallest absolute Gasteiger partial charge is 0.364 e. The predicted octanol–water partition coefficient (Wildman–Crippen LogP) is 3.50. The van der Waals surface area contributed by atoms with E-state index in [0.29, 0.717) is 11.3 Å². The van der Waals surface area contributed by atoms with E-state index in [9.17, 15) is 13.2 Å². The van der Waals surface area contributed by atoms with Gasteiger partial charge in [-0.3, -0.25) is 0 Å². The molecular formula is C9H14F3NO. The maximum atomic E-state index is 11.7. The normalized spacial score (nSPS) is 10.7. The van der Waals surface area contributed by atoms with E-state index in [4.69, 9.17) is 0 Å². The highest BCUT2D eigenvalue weighted by Crippen LogP contribution is 2.22. The van der Waals surface area contributed by atoms with Gasteiger partial charge in [-0.05, 0) is 6.92 Å². The molecule has 0 atom stereocenters. The number of aromatic nitrogens is 1. The third-order valence-corrected chi connectivity index (χ3v) is 1.49. The lowest BCUT2D eigenvalue weighted by Gasteiger charge is -2.03. The molecule has 2 nitrogen and oxygen atoms in total. The van der Waals surface area contributed by atoms with Crippen LogP contribution in [0.25, 0.3) is 0 Å². The largest absolute Gasteiger partial charge is 0.389 e. The van der Waals surface area contributed by atoms with Crippen molar-refractivity contribution >= 4 is 0 Å². The lowest BCUT2D eigenvalue weighted by atomic mass is 10.2. The molecule has 5 heteroatoms. The molecule has 0 aliphatic rings. The van der Waals surface area contributed by atoms with Gasteiger partial charge in [-0.15, -0.1) is 0 Å². The first-order chi connectivity index (χ1) is 6.49. The minimum atomic E-state index is -4.12. The van der Waals surface area contributed by atoms with Gasteiger partial charge >= 0.3 is 6.18 Å². The maximum absolute atomic E-state index is 11.7. The molecule has 0 saturated carbocycles. The van der Waals surface area contributed by atoms with E-state index in [-0.39, 0.29) is 6.42 Å². The molecule has 0 amide bonds. The number of rotatable bonds is 2. The Kier molecular flexibility index (Phi) is 5.27. The summed E-state index contributed by atoms with van der Waals surface area (Å²) < 4.78 is 39.7. The Morgan fingerprint density at radius 1 is 1.36 bits per heavy atom. The van der Waals surface area contributed by atoms with Crippen molar-refractivity contribution in [3.05, 3.63) is 17.5 Å². The van der Waals surface area contributed by atoms with Crippen molar-refractivity contribution in [2.45, 2.75) is 39.8 Å². The standard InChI is InChI=1S/C7H8F3NO.C2H6/c1-5-4-12-11-6(5)2-3-7(8,9)10;1-2/h4H,2-3H2,1H3;1-2H3. The van der Waals surface area contributed by atoms with Crippen molar-refractivity contribution in [2.75, 3.05) is 0 Å². The van der Waals surface area contributed by atoms with E-state index in [2.05, 4.69) is 9.68 Å². The third kappa shape index (κ3) is 4.89. The summed E-state index contributed by atoms with van der Waals surface area (Å²) >= 11 is 0. The minimum Gasteiger partial charge on any atom is -0.364 e. The van der Waals surface area contributed by atoms with E-state index in [1.165, 1.54) is 6.26 Å². The van der Waals surface area contributed by atoms with Gasteiger partial charge in [0.15, 0.2) is 0 Å². The second-order valence-electron chi connectivity index (χ2n) is 2.56. The number of alkyl halides is 3. The third-order valence-electron chi connectivity index (χ3n) is 1.49. The van der Waals surface area contributed by atoms with Gasteiger partial charge in [0.05, 0.1) is 5.69 Å². The molecule has 0 aliphatic carbocycles. The van der Waals surface area contributed by atoms with Crippen LogP contribution < -0.4 is 0 Å². The Bertz CT molecular complexity index is 255. The fourth-order valence-electron chi connectivity index (χ4n) is 0.812. The van der Waals surface area contributed by atoms with Crippen LogP contribution in [0.2, 0.25) is 0 Å². The van der Waals surface area contributed by atoms with Gasteiger partial charge in [0, 0.05) is 18.4 Å². The van der Waals surface area contributed by atoms with Gasteiger partial charge < -0.3 is 4.52 Å². The second-order valence-corrected chi connectivity index (χ2v) is 2.56. The SMILES string of the molecule is CC.Cc1conc1CCC(F)(F)F. The minimum absolute atomic E-state index is 0.105. The number of nitrogens with zero attached hydrogens (tertiary/aromatic N) is 1. The second kappa shape index (κ2) is 5.67. The molecule has 82 valence electrons. The Labute approximate surface area is 81.1 Å². The summed E-state index contributed by atoms with van der Waals surface area (Å²) in [5, 5.41) is 3.44. The molecule has 0 spiro atoms. The van der Waals surface area contributed by atoms with Crippen molar-refractivity contribution in [2.24, 2.45) is 0 Å². The molecule has 0 fully saturated rings. The Balaban J connectivity index is 0.000000791. The van der Waals surface area contributed by atoms with E-state index < -0.39 is 12.6 Å². The molecule has 0 unspecified atom stereocenters. The molecule has 1 heterocycles. The molecule has 1 aromatic rings. The van der Waals surface area contributed by atoms with Crippen LogP contribution in [0, 0.1) is 6.92 Å². The number of hydrogen-bond donors (Lipinski definition) is 0. The topological polar surface area (TPSA) is 26.0 Å². The first-order valence-electron chi connectivity index (χ1n) is 4.45. The zero-order valence-corrected chi connectivity index (χ0v) is 8.48. The van der Waals surface area contributed by atoms with Crippen LogP contribution in [-0.4, -0.2) is 11.3 Å². The first-order valence-corrected chi connectivity index (χ1v) is 4.45.